The summed E-state index contributed by atoms with van der Waals surface area (Å²) in [6.45, 7) is 2.48. The van der Waals surface area contributed by atoms with Gasteiger partial charge in [0.1, 0.15) is 6.04 Å². The van der Waals surface area contributed by atoms with Crippen molar-refractivity contribution in [3.63, 3.8) is 0 Å². The van der Waals surface area contributed by atoms with Crippen molar-refractivity contribution in [1.82, 2.24) is 5.32 Å². The van der Waals surface area contributed by atoms with E-state index in [1.54, 1.807) is 30.3 Å². The van der Waals surface area contributed by atoms with Gasteiger partial charge in [-0.3, -0.25) is 14.4 Å². The zero-order valence-electron chi connectivity index (χ0n) is 15.2. The van der Waals surface area contributed by atoms with Gasteiger partial charge in [0.15, 0.2) is 11.5 Å². The summed E-state index contributed by atoms with van der Waals surface area (Å²) >= 11 is 0. The highest BCUT2D eigenvalue weighted by atomic mass is 16.5. The molecule has 0 spiro atoms. The fraction of sp³-hybridized carbons (Fsp3) is 0.250. The molecule has 2 aromatic carbocycles. The number of ether oxygens (including phenoxy) is 2. The number of carbonyl (C=O) groups excluding carboxylic acids is 2. The fourth-order valence-electron chi connectivity index (χ4n) is 2.55. The molecule has 1 aliphatic rings. The van der Waals surface area contributed by atoms with E-state index >= 15 is 0 Å². The number of fused-ring (bicyclic) bond motifs is 1. The smallest absolute Gasteiger partial charge is 0.325 e. The van der Waals surface area contributed by atoms with Crippen LogP contribution in [0.15, 0.2) is 42.5 Å². The fourth-order valence-corrected chi connectivity index (χ4v) is 2.55. The van der Waals surface area contributed by atoms with Crippen LogP contribution in [-0.4, -0.2) is 42.1 Å². The SMILES string of the molecule is CC(NC(=O)c1ccc(NC(=O)c2ccc3c(c2)OCCCO3)cc1)C(=O)O. The number of carboxylic acids is 1. The summed E-state index contributed by atoms with van der Waals surface area (Å²) in [4.78, 5) is 35.3. The first-order valence-corrected chi connectivity index (χ1v) is 8.79. The van der Waals surface area contributed by atoms with E-state index in [1.165, 1.54) is 19.1 Å². The maximum atomic E-state index is 12.5. The molecule has 0 aliphatic carbocycles. The molecule has 0 radical (unpaired) electrons. The average molecular weight is 384 g/mol. The Morgan fingerprint density at radius 2 is 1.57 bits per heavy atom. The highest BCUT2D eigenvalue weighted by molar-refractivity contribution is 6.05. The molecule has 1 heterocycles. The van der Waals surface area contributed by atoms with Crippen LogP contribution >= 0.6 is 0 Å². The molecule has 0 fully saturated rings. The third-order valence-electron chi connectivity index (χ3n) is 4.13. The van der Waals surface area contributed by atoms with E-state index in [0.29, 0.717) is 41.5 Å². The van der Waals surface area contributed by atoms with Crippen molar-refractivity contribution in [2.24, 2.45) is 0 Å². The predicted octanol–water partition coefficient (Wildman–Crippen LogP) is 2.30. The number of hydrogen-bond donors (Lipinski definition) is 3. The third kappa shape index (κ3) is 4.59. The Bertz CT molecular complexity index is 894. The molecule has 8 nitrogen and oxygen atoms in total. The third-order valence-corrected chi connectivity index (χ3v) is 4.13. The van der Waals surface area contributed by atoms with E-state index in [4.69, 9.17) is 14.6 Å². The van der Waals surface area contributed by atoms with Gasteiger partial charge in [-0.05, 0) is 49.4 Å². The van der Waals surface area contributed by atoms with Crippen molar-refractivity contribution < 1.29 is 29.0 Å². The molecule has 0 saturated carbocycles. The van der Waals surface area contributed by atoms with Gasteiger partial charge < -0.3 is 25.2 Å². The lowest BCUT2D eigenvalue weighted by atomic mass is 10.1. The molecule has 1 atom stereocenters. The number of anilines is 1. The van der Waals surface area contributed by atoms with Crippen LogP contribution in [0, 0.1) is 0 Å². The van der Waals surface area contributed by atoms with Crippen LogP contribution in [0.25, 0.3) is 0 Å². The normalized spacial score (nSPS) is 13.8. The van der Waals surface area contributed by atoms with Crippen molar-refractivity contribution >= 4 is 23.5 Å². The minimum atomic E-state index is -1.12. The van der Waals surface area contributed by atoms with Crippen molar-refractivity contribution in [3.8, 4) is 11.5 Å². The minimum absolute atomic E-state index is 0.293. The summed E-state index contributed by atoms with van der Waals surface area (Å²) in [5, 5.41) is 13.9. The predicted molar refractivity (Wildman–Crippen MR) is 101 cm³/mol. The summed E-state index contributed by atoms with van der Waals surface area (Å²) in [5.74, 6) is -0.805. The number of carboxylic acid groups (broad SMARTS) is 1. The largest absolute Gasteiger partial charge is 0.490 e. The van der Waals surface area contributed by atoms with Crippen molar-refractivity contribution in [2.45, 2.75) is 19.4 Å². The van der Waals surface area contributed by atoms with Gasteiger partial charge in [0.05, 0.1) is 13.2 Å². The van der Waals surface area contributed by atoms with E-state index < -0.39 is 17.9 Å². The minimum Gasteiger partial charge on any atom is -0.490 e. The number of carbonyl (C=O) groups is 3. The lowest BCUT2D eigenvalue weighted by molar-refractivity contribution is -0.138. The second-order valence-corrected chi connectivity index (χ2v) is 6.28. The van der Waals surface area contributed by atoms with Crippen LogP contribution in [0.5, 0.6) is 11.5 Å². The molecule has 8 heteroatoms. The molecule has 3 rings (SSSR count). The van der Waals surface area contributed by atoms with Gasteiger partial charge in [0.25, 0.3) is 11.8 Å². The van der Waals surface area contributed by atoms with Gasteiger partial charge >= 0.3 is 5.97 Å². The second-order valence-electron chi connectivity index (χ2n) is 6.28. The molecule has 0 aromatic heterocycles. The Hall–Kier alpha value is -3.55. The molecule has 0 bridgehead atoms. The maximum Gasteiger partial charge on any atom is 0.325 e. The molecule has 28 heavy (non-hydrogen) atoms. The topological polar surface area (TPSA) is 114 Å². The second kappa shape index (κ2) is 8.43. The number of amides is 2. The van der Waals surface area contributed by atoms with Gasteiger partial charge in [0, 0.05) is 23.2 Å². The Kier molecular flexibility index (Phi) is 5.78. The molecular weight excluding hydrogens is 364 g/mol. The van der Waals surface area contributed by atoms with Crippen LogP contribution in [-0.2, 0) is 4.79 Å². The lowest BCUT2D eigenvalue weighted by Crippen LogP contribution is -2.38. The Morgan fingerprint density at radius 3 is 2.25 bits per heavy atom. The van der Waals surface area contributed by atoms with Crippen LogP contribution in [0.2, 0.25) is 0 Å². The molecule has 3 N–H and O–H groups in total. The monoisotopic (exact) mass is 384 g/mol. The average Bonchev–Trinajstić information content (AvgIpc) is 2.93. The molecule has 146 valence electrons. The van der Waals surface area contributed by atoms with E-state index in [-0.39, 0.29) is 5.91 Å². The first-order chi connectivity index (χ1) is 13.4. The first-order valence-electron chi connectivity index (χ1n) is 8.79. The molecule has 0 saturated heterocycles. The van der Waals surface area contributed by atoms with Crippen LogP contribution < -0.4 is 20.1 Å². The molecule has 2 amide bonds. The van der Waals surface area contributed by atoms with Crippen LogP contribution in [0.4, 0.5) is 5.69 Å². The number of aliphatic carboxylic acids is 1. The number of benzene rings is 2. The maximum absolute atomic E-state index is 12.5. The van der Waals surface area contributed by atoms with Crippen molar-refractivity contribution in [3.05, 3.63) is 53.6 Å². The van der Waals surface area contributed by atoms with Gasteiger partial charge in [-0.1, -0.05) is 0 Å². The lowest BCUT2D eigenvalue weighted by Gasteiger charge is -2.11. The Balaban J connectivity index is 1.65. The summed E-state index contributed by atoms with van der Waals surface area (Å²) in [6, 6.07) is 10.1. The van der Waals surface area contributed by atoms with E-state index in [2.05, 4.69) is 10.6 Å². The van der Waals surface area contributed by atoms with E-state index in [9.17, 15) is 14.4 Å². The highest BCUT2D eigenvalue weighted by Crippen LogP contribution is 2.30. The Morgan fingerprint density at radius 1 is 0.929 bits per heavy atom. The number of nitrogens with one attached hydrogen (secondary N) is 2. The van der Waals surface area contributed by atoms with Crippen molar-refractivity contribution in [2.75, 3.05) is 18.5 Å². The van der Waals surface area contributed by atoms with Gasteiger partial charge in [0.2, 0.25) is 0 Å². The zero-order valence-corrected chi connectivity index (χ0v) is 15.2. The number of hydrogen-bond acceptors (Lipinski definition) is 5. The molecule has 1 unspecified atom stereocenters. The summed E-state index contributed by atoms with van der Waals surface area (Å²) in [5.41, 5.74) is 1.21. The van der Waals surface area contributed by atoms with Gasteiger partial charge in [-0.15, -0.1) is 0 Å². The quantitative estimate of drug-likeness (QED) is 0.729. The van der Waals surface area contributed by atoms with E-state index in [1.807, 2.05) is 0 Å². The zero-order chi connectivity index (χ0) is 20.1. The summed E-state index contributed by atoms with van der Waals surface area (Å²) in [6.07, 6.45) is 0.779. The standard InChI is InChI=1S/C20H20N2O6/c1-12(20(25)26)21-18(23)13-3-6-15(7-4-13)22-19(24)14-5-8-16-17(11-14)28-10-2-9-27-16/h3-8,11-12H,2,9-10H2,1H3,(H,21,23)(H,22,24)(H,25,26). The van der Waals surface area contributed by atoms with Crippen molar-refractivity contribution in [1.29, 1.82) is 0 Å². The molecule has 2 aromatic rings. The van der Waals surface area contributed by atoms with Crippen LogP contribution in [0.3, 0.4) is 0 Å². The summed E-state index contributed by atoms with van der Waals surface area (Å²) in [7, 11) is 0. The van der Waals surface area contributed by atoms with Gasteiger partial charge in [-0.25, -0.2) is 0 Å². The van der Waals surface area contributed by atoms with Crippen LogP contribution in [0.1, 0.15) is 34.1 Å². The molecule has 1 aliphatic heterocycles. The molecular formula is C20H20N2O6. The summed E-state index contributed by atoms with van der Waals surface area (Å²) < 4.78 is 11.1. The van der Waals surface area contributed by atoms with Gasteiger partial charge in [-0.2, -0.15) is 0 Å². The first kappa shape index (κ1) is 19.2. The number of rotatable bonds is 5. The Labute approximate surface area is 161 Å². The van der Waals surface area contributed by atoms with E-state index in [0.717, 1.165) is 6.42 Å². The highest BCUT2D eigenvalue weighted by Gasteiger charge is 2.16.